The Morgan fingerprint density at radius 2 is 1.68 bits per heavy atom. The van der Waals surface area contributed by atoms with Gasteiger partial charge in [0.1, 0.15) is 0 Å². The van der Waals surface area contributed by atoms with Crippen LogP contribution >= 0.6 is 0 Å². The molecule has 1 aliphatic heterocycles. The maximum absolute atomic E-state index is 10.7. The molecule has 0 aromatic heterocycles. The number of aliphatic hydroxyl groups is 1. The van der Waals surface area contributed by atoms with Gasteiger partial charge >= 0.3 is 155 Å². The van der Waals surface area contributed by atoms with E-state index in [-0.39, 0.29) is 38.3 Å². The van der Waals surface area contributed by atoms with Crippen LogP contribution in [-0.4, -0.2) is 51.8 Å². The predicted molar refractivity (Wildman–Crippen MR) is 97.9 cm³/mol. The van der Waals surface area contributed by atoms with Crippen LogP contribution < -0.4 is 4.46 Å². The molecule has 5 heteroatoms. The molecule has 1 N–H and O–H groups in total. The number of benzene rings is 2. The van der Waals surface area contributed by atoms with E-state index in [1.165, 1.54) is 4.46 Å². The van der Waals surface area contributed by atoms with Gasteiger partial charge in [-0.2, -0.15) is 0 Å². The van der Waals surface area contributed by atoms with Gasteiger partial charge in [0.25, 0.3) is 0 Å². The Labute approximate surface area is 155 Å². The molecule has 0 bridgehead atoms. The second-order valence-electron chi connectivity index (χ2n) is 6.09. The van der Waals surface area contributed by atoms with E-state index in [2.05, 4.69) is 12.1 Å². The number of hydrogen-bond acceptors (Lipinski definition) is 4. The number of hydrogen-bond donors (Lipinski definition) is 1. The molecule has 1 heterocycles. The van der Waals surface area contributed by atoms with Crippen LogP contribution in [0, 0.1) is 0 Å². The third-order valence-corrected chi connectivity index (χ3v) is 7.03. The van der Waals surface area contributed by atoms with Gasteiger partial charge in [-0.3, -0.25) is 0 Å². The second kappa shape index (κ2) is 8.95. The molecule has 1 saturated heterocycles. The van der Waals surface area contributed by atoms with Crippen LogP contribution in [0.5, 0.6) is 0 Å². The van der Waals surface area contributed by atoms with Gasteiger partial charge in [-0.05, 0) is 0 Å². The van der Waals surface area contributed by atoms with Crippen LogP contribution in [0.25, 0.3) is 0 Å². The summed E-state index contributed by atoms with van der Waals surface area (Å²) in [7, 11) is 1.65. The average Bonchev–Trinajstić information content (AvgIpc) is 2.66. The zero-order valence-electron chi connectivity index (χ0n) is 14.4. The van der Waals surface area contributed by atoms with Crippen LogP contribution in [-0.2, 0) is 20.8 Å². The Kier molecular flexibility index (Phi) is 6.65. The Morgan fingerprint density at radius 3 is 2.32 bits per heavy atom. The summed E-state index contributed by atoms with van der Waals surface area (Å²) in [4.78, 5) is -0.0187. The minimum atomic E-state index is -0.675. The molecular weight excluding hydrogens is 383 g/mol. The van der Waals surface area contributed by atoms with Gasteiger partial charge in [-0.15, -0.1) is 0 Å². The molecule has 0 saturated carbocycles. The molecule has 0 unspecified atom stereocenters. The van der Waals surface area contributed by atoms with Crippen molar-refractivity contribution in [3.8, 4) is 0 Å². The molecule has 5 atom stereocenters. The van der Waals surface area contributed by atoms with E-state index in [9.17, 15) is 5.11 Å². The molecular formula is C20H24O4Se. The summed E-state index contributed by atoms with van der Waals surface area (Å²) in [6.45, 7) is 2.33. The number of aliphatic hydroxyl groups excluding tert-OH is 1. The van der Waals surface area contributed by atoms with Crippen molar-refractivity contribution < 1.29 is 19.3 Å². The van der Waals surface area contributed by atoms with E-state index in [1.54, 1.807) is 7.11 Å². The standard InChI is InChI=1S/C20H24O4Se/c1-14-17(21)18(23-13-15-9-5-3-6-10-15)19(20(22-2)24-14)25-16-11-7-4-8-12-16/h3-12,14,17-21H,13H2,1-2H3/t14-,17-,18+,19-,20-/m1/s1. The van der Waals surface area contributed by atoms with Crippen molar-refractivity contribution in [3.63, 3.8) is 0 Å². The summed E-state index contributed by atoms with van der Waals surface area (Å²) in [5.41, 5.74) is 1.09. The second-order valence-corrected chi connectivity index (χ2v) is 8.72. The molecule has 3 rings (SSSR count). The molecule has 2 aromatic carbocycles. The minimum absolute atomic E-state index is 0.0187. The summed E-state index contributed by atoms with van der Waals surface area (Å²) in [5.74, 6) is 0. The van der Waals surface area contributed by atoms with Crippen molar-refractivity contribution in [2.45, 2.75) is 42.9 Å². The maximum atomic E-state index is 10.7. The normalized spacial score (nSPS) is 29.5. The molecule has 0 spiro atoms. The van der Waals surface area contributed by atoms with Gasteiger partial charge in [-0.1, -0.05) is 0 Å². The zero-order valence-corrected chi connectivity index (χ0v) is 16.2. The fourth-order valence-corrected chi connectivity index (χ4v) is 5.62. The van der Waals surface area contributed by atoms with E-state index in [1.807, 2.05) is 55.5 Å². The molecule has 0 radical (unpaired) electrons. The summed E-state index contributed by atoms with van der Waals surface area (Å²) < 4.78 is 18.9. The van der Waals surface area contributed by atoms with Crippen LogP contribution in [0.3, 0.4) is 0 Å². The molecule has 1 aliphatic rings. The Bertz CT molecular complexity index is 637. The molecule has 0 amide bonds. The number of ether oxygens (including phenoxy) is 3. The van der Waals surface area contributed by atoms with Crippen LogP contribution in [0.15, 0.2) is 60.7 Å². The van der Waals surface area contributed by atoms with E-state index in [0.29, 0.717) is 6.61 Å². The van der Waals surface area contributed by atoms with Crippen molar-refractivity contribution in [1.29, 1.82) is 0 Å². The Morgan fingerprint density at radius 1 is 1.04 bits per heavy atom. The van der Waals surface area contributed by atoms with Crippen molar-refractivity contribution in [1.82, 2.24) is 0 Å². The zero-order chi connectivity index (χ0) is 17.6. The molecule has 25 heavy (non-hydrogen) atoms. The predicted octanol–water partition coefficient (Wildman–Crippen LogP) is 2.14. The monoisotopic (exact) mass is 408 g/mol. The summed E-state index contributed by atoms with van der Waals surface area (Å²) in [5, 5.41) is 10.7. The summed E-state index contributed by atoms with van der Waals surface area (Å²) in [6.07, 6.45) is -1.70. The summed E-state index contributed by atoms with van der Waals surface area (Å²) >= 11 is 0.0599. The van der Waals surface area contributed by atoms with Gasteiger partial charge in [0.05, 0.1) is 0 Å². The van der Waals surface area contributed by atoms with Gasteiger partial charge in [0.2, 0.25) is 0 Å². The van der Waals surface area contributed by atoms with Crippen molar-refractivity contribution in [2.24, 2.45) is 0 Å². The fourth-order valence-electron chi connectivity index (χ4n) is 2.91. The quantitative estimate of drug-likeness (QED) is 0.746. The molecule has 2 aromatic rings. The topological polar surface area (TPSA) is 47.9 Å². The van der Waals surface area contributed by atoms with Crippen LogP contribution in [0.4, 0.5) is 0 Å². The third-order valence-electron chi connectivity index (χ3n) is 4.29. The van der Waals surface area contributed by atoms with Gasteiger partial charge in [0.15, 0.2) is 0 Å². The van der Waals surface area contributed by atoms with E-state index < -0.39 is 6.10 Å². The Balaban J connectivity index is 1.77. The van der Waals surface area contributed by atoms with Crippen molar-refractivity contribution in [2.75, 3.05) is 7.11 Å². The van der Waals surface area contributed by atoms with Gasteiger partial charge in [0, 0.05) is 0 Å². The first-order valence-corrected chi connectivity index (χ1v) is 10.3. The van der Waals surface area contributed by atoms with Crippen LogP contribution in [0.2, 0.25) is 4.82 Å². The first kappa shape index (κ1) is 18.6. The summed E-state index contributed by atoms with van der Waals surface area (Å²) in [6, 6.07) is 20.3. The number of rotatable bonds is 6. The van der Waals surface area contributed by atoms with E-state index in [0.717, 1.165) is 5.56 Å². The van der Waals surface area contributed by atoms with Crippen molar-refractivity contribution >= 4 is 19.4 Å². The first-order valence-electron chi connectivity index (χ1n) is 8.42. The fraction of sp³-hybridized carbons (Fsp3) is 0.400. The van der Waals surface area contributed by atoms with E-state index >= 15 is 0 Å². The van der Waals surface area contributed by atoms with Gasteiger partial charge < -0.3 is 0 Å². The SMILES string of the molecule is CO[C@@H]1O[C@H](C)[C@@H](O)[C@H](OCc2ccccc2)[C@H]1[Se]c1ccccc1. The molecule has 0 aliphatic carbocycles. The first-order chi connectivity index (χ1) is 12.2. The van der Waals surface area contributed by atoms with Crippen LogP contribution in [0.1, 0.15) is 12.5 Å². The van der Waals surface area contributed by atoms with Gasteiger partial charge in [-0.25, -0.2) is 0 Å². The molecule has 1 fully saturated rings. The average molecular weight is 407 g/mol. The number of methoxy groups -OCH3 is 1. The van der Waals surface area contributed by atoms with E-state index in [4.69, 9.17) is 14.2 Å². The third kappa shape index (κ3) is 4.70. The van der Waals surface area contributed by atoms with Crippen molar-refractivity contribution in [3.05, 3.63) is 66.2 Å². The molecule has 134 valence electrons. The molecule has 4 nitrogen and oxygen atoms in total. The Hall–Kier alpha value is -1.20.